The molecule has 2 aromatic rings. The standard InChI is InChI=1S/C15H17NOS/c1-11-15(18-12(2)16-11)10-6-9-14(17)13-7-4-3-5-8-13/h3-5,7-8H,6,9-10H2,1-2H3. The van der Waals surface area contributed by atoms with Crippen LogP contribution in [0.25, 0.3) is 0 Å². The first-order valence-corrected chi connectivity index (χ1v) is 6.99. The van der Waals surface area contributed by atoms with Gasteiger partial charge in [-0.05, 0) is 26.7 Å². The first kappa shape index (κ1) is 13.0. The molecule has 0 unspecified atom stereocenters. The van der Waals surface area contributed by atoms with Crippen LogP contribution in [-0.4, -0.2) is 10.8 Å². The largest absolute Gasteiger partial charge is 0.294 e. The molecule has 1 heterocycles. The lowest BCUT2D eigenvalue weighted by atomic mass is 10.1. The van der Waals surface area contributed by atoms with Gasteiger partial charge in [-0.15, -0.1) is 11.3 Å². The number of ketones is 1. The molecule has 18 heavy (non-hydrogen) atoms. The van der Waals surface area contributed by atoms with E-state index >= 15 is 0 Å². The summed E-state index contributed by atoms with van der Waals surface area (Å²) in [4.78, 5) is 17.6. The summed E-state index contributed by atoms with van der Waals surface area (Å²) in [7, 11) is 0. The third-order valence-electron chi connectivity index (χ3n) is 2.90. The molecular weight excluding hydrogens is 242 g/mol. The average Bonchev–Trinajstić information content (AvgIpc) is 2.69. The Kier molecular flexibility index (Phi) is 4.26. The summed E-state index contributed by atoms with van der Waals surface area (Å²) in [6.45, 7) is 4.06. The Morgan fingerprint density at radius 1 is 1.22 bits per heavy atom. The zero-order chi connectivity index (χ0) is 13.0. The fourth-order valence-corrected chi connectivity index (χ4v) is 2.96. The monoisotopic (exact) mass is 259 g/mol. The summed E-state index contributed by atoms with van der Waals surface area (Å²) in [5, 5.41) is 1.11. The van der Waals surface area contributed by atoms with Gasteiger partial charge in [0, 0.05) is 16.9 Å². The van der Waals surface area contributed by atoms with Crippen LogP contribution in [0.1, 0.15) is 38.8 Å². The van der Waals surface area contributed by atoms with E-state index in [1.807, 2.05) is 44.2 Å². The Hall–Kier alpha value is -1.48. The molecule has 0 N–H and O–H groups in total. The van der Waals surface area contributed by atoms with Gasteiger partial charge in [-0.1, -0.05) is 30.3 Å². The molecule has 0 saturated carbocycles. The Bertz CT molecular complexity index is 531. The van der Waals surface area contributed by atoms with Gasteiger partial charge in [-0.25, -0.2) is 4.98 Å². The van der Waals surface area contributed by atoms with E-state index in [0.717, 1.165) is 29.1 Å². The lowest BCUT2D eigenvalue weighted by Gasteiger charge is -2.00. The minimum absolute atomic E-state index is 0.231. The number of benzene rings is 1. The van der Waals surface area contributed by atoms with Crippen molar-refractivity contribution >= 4 is 17.1 Å². The number of hydrogen-bond donors (Lipinski definition) is 0. The molecule has 0 aliphatic heterocycles. The molecule has 0 bridgehead atoms. The highest BCUT2D eigenvalue weighted by Crippen LogP contribution is 2.19. The summed E-state index contributed by atoms with van der Waals surface area (Å²) in [6.07, 6.45) is 2.46. The molecule has 0 aliphatic rings. The normalized spacial score (nSPS) is 10.6. The summed E-state index contributed by atoms with van der Waals surface area (Å²) >= 11 is 1.74. The summed E-state index contributed by atoms with van der Waals surface area (Å²) in [6, 6.07) is 9.50. The van der Waals surface area contributed by atoms with E-state index in [-0.39, 0.29) is 5.78 Å². The summed E-state index contributed by atoms with van der Waals surface area (Å²) < 4.78 is 0. The maximum Gasteiger partial charge on any atom is 0.162 e. The number of Topliss-reactive ketones (excluding diaryl/α,β-unsaturated/α-hetero) is 1. The SMILES string of the molecule is Cc1nc(C)c(CCCC(=O)c2ccccc2)s1. The molecular formula is C15H17NOS. The van der Waals surface area contributed by atoms with Crippen molar-refractivity contribution in [3.63, 3.8) is 0 Å². The molecule has 94 valence electrons. The van der Waals surface area contributed by atoms with Gasteiger partial charge in [-0.3, -0.25) is 4.79 Å². The molecule has 0 radical (unpaired) electrons. The van der Waals surface area contributed by atoms with Crippen LogP contribution in [0.15, 0.2) is 30.3 Å². The number of aromatic nitrogens is 1. The molecule has 0 aliphatic carbocycles. The number of nitrogens with zero attached hydrogens (tertiary/aromatic N) is 1. The van der Waals surface area contributed by atoms with Crippen molar-refractivity contribution in [1.82, 2.24) is 4.98 Å². The quantitative estimate of drug-likeness (QED) is 0.761. The van der Waals surface area contributed by atoms with Crippen LogP contribution < -0.4 is 0 Å². The highest BCUT2D eigenvalue weighted by molar-refractivity contribution is 7.11. The maximum absolute atomic E-state index is 11.9. The van der Waals surface area contributed by atoms with Crippen molar-refractivity contribution in [1.29, 1.82) is 0 Å². The molecule has 0 atom stereocenters. The minimum atomic E-state index is 0.231. The Morgan fingerprint density at radius 3 is 2.56 bits per heavy atom. The highest BCUT2D eigenvalue weighted by atomic mass is 32.1. The van der Waals surface area contributed by atoms with E-state index in [1.54, 1.807) is 11.3 Å². The number of thiazole rings is 1. The van der Waals surface area contributed by atoms with Crippen molar-refractivity contribution < 1.29 is 4.79 Å². The molecule has 1 aromatic heterocycles. The molecule has 0 amide bonds. The van der Waals surface area contributed by atoms with Crippen LogP contribution in [0.2, 0.25) is 0 Å². The predicted molar refractivity (Wildman–Crippen MR) is 75.3 cm³/mol. The number of carbonyl (C=O) groups excluding carboxylic acids is 1. The van der Waals surface area contributed by atoms with E-state index in [1.165, 1.54) is 4.88 Å². The molecule has 1 aromatic carbocycles. The fraction of sp³-hybridized carbons (Fsp3) is 0.333. The van der Waals surface area contributed by atoms with Gasteiger partial charge in [0.2, 0.25) is 0 Å². The third-order valence-corrected chi connectivity index (χ3v) is 4.04. The summed E-state index contributed by atoms with van der Waals surface area (Å²) in [5.41, 5.74) is 1.93. The molecule has 3 heteroatoms. The minimum Gasteiger partial charge on any atom is -0.294 e. The molecule has 0 saturated heterocycles. The zero-order valence-electron chi connectivity index (χ0n) is 10.8. The van der Waals surface area contributed by atoms with Gasteiger partial charge in [0.05, 0.1) is 10.7 Å². The van der Waals surface area contributed by atoms with Crippen LogP contribution in [0, 0.1) is 13.8 Å². The fourth-order valence-electron chi connectivity index (χ4n) is 1.98. The maximum atomic E-state index is 11.9. The first-order valence-electron chi connectivity index (χ1n) is 6.18. The molecule has 2 nitrogen and oxygen atoms in total. The smallest absolute Gasteiger partial charge is 0.162 e. The molecule has 2 rings (SSSR count). The van der Waals surface area contributed by atoms with E-state index in [0.29, 0.717) is 6.42 Å². The van der Waals surface area contributed by atoms with Crippen LogP contribution in [-0.2, 0) is 6.42 Å². The van der Waals surface area contributed by atoms with E-state index < -0.39 is 0 Å². The van der Waals surface area contributed by atoms with Gasteiger partial charge in [0.25, 0.3) is 0 Å². The topological polar surface area (TPSA) is 30.0 Å². The zero-order valence-corrected chi connectivity index (χ0v) is 11.6. The second-order valence-electron chi connectivity index (χ2n) is 4.38. The highest BCUT2D eigenvalue weighted by Gasteiger charge is 2.08. The van der Waals surface area contributed by atoms with E-state index in [9.17, 15) is 4.79 Å². The van der Waals surface area contributed by atoms with Crippen molar-refractivity contribution in [3.05, 3.63) is 51.5 Å². The Balaban J connectivity index is 1.86. The van der Waals surface area contributed by atoms with Crippen LogP contribution >= 0.6 is 11.3 Å². The lowest BCUT2D eigenvalue weighted by Crippen LogP contribution is -1.99. The Labute approximate surface area is 112 Å². The van der Waals surface area contributed by atoms with Gasteiger partial charge < -0.3 is 0 Å². The predicted octanol–water partition coefficient (Wildman–Crippen LogP) is 3.97. The van der Waals surface area contributed by atoms with Crippen molar-refractivity contribution in [2.75, 3.05) is 0 Å². The third kappa shape index (κ3) is 3.26. The second kappa shape index (κ2) is 5.91. The molecule has 0 spiro atoms. The van der Waals surface area contributed by atoms with Crippen LogP contribution in [0.4, 0.5) is 0 Å². The second-order valence-corrected chi connectivity index (χ2v) is 5.67. The number of hydrogen-bond acceptors (Lipinski definition) is 3. The lowest BCUT2D eigenvalue weighted by molar-refractivity contribution is 0.0980. The first-order chi connectivity index (χ1) is 8.66. The van der Waals surface area contributed by atoms with Gasteiger partial charge in [0.15, 0.2) is 5.78 Å². The average molecular weight is 259 g/mol. The van der Waals surface area contributed by atoms with Crippen LogP contribution in [0.5, 0.6) is 0 Å². The van der Waals surface area contributed by atoms with E-state index in [4.69, 9.17) is 0 Å². The van der Waals surface area contributed by atoms with Gasteiger partial charge in [0.1, 0.15) is 0 Å². The summed E-state index contributed by atoms with van der Waals surface area (Å²) in [5.74, 6) is 0.231. The van der Waals surface area contributed by atoms with E-state index in [2.05, 4.69) is 4.98 Å². The number of aryl methyl sites for hydroxylation is 3. The van der Waals surface area contributed by atoms with Gasteiger partial charge in [-0.2, -0.15) is 0 Å². The molecule has 0 fully saturated rings. The van der Waals surface area contributed by atoms with Crippen molar-refractivity contribution in [3.8, 4) is 0 Å². The number of carbonyl (C=O) groups is 1. The van der Waals surface area contributed by atoms with Crippen molar-refractivity contribution in [2.24, 2.45) is 0 Å². The van der Waals surface area contributed by atoms with Crippen LogP contribution in [0.3, 0.4) is 0 Å². The van der Waals surface area contributed by atoms with Crippen molar-refractivity contribution in [2.45, 2.75) is 33.1 Å². The Morgan fingerprint density at radius 2 is 1.94 bits per heavy atom. The van der Waals surface area contributed by atoms with Gasteiger partial charge >= 0.3 is 0 Å². The number of rotatable bonds is 5.